The van der Waals surface area contributed by atoms with Crippen molar-refractivity contribution in [2.45, 2.75) is 12.5 Å². The van der Waals surface area contributed by atoms with Crippen LogP contribution in [0.3, 0.4) is 0 Å². The third-order valence-corrected chi connectivity index (χ3v) is 4.69. The maximum atomic E-state index is 12.6. The minimum absolute atomic E-state index is 0.0280. The van der Waals surface area contributed by atoms with Crippen LogP contribution in [0.15, 0.2) is 36.1 Å². The number of Topliss-reactive ketones (excluding diaryl/α,β-unsaturated/α-hetero) is 1. The molecule has 0 spiro atoms. The second kappa shape index (κ2) is 7.89. The zero-order valence-electron chi connectivity index (χ0n) is 13.2. The van der Waals surface area contributed by atoms with E-state index in [1.54, 1.807) is 36.1 Å². The summed E-state index contributed by atoms with van der Waals surface area (Å²) in [5.74, 6) is -2.65. The SMILES string of the molecule is NC(=O)C(=O)C(Cc1cncs1)NC(=O)c1nsnc1-c1ccccn1. The van der Waals surface area contributed by atoms with Gasteiger partial charge >= 0.3 is 0 Å². The van der Waals surface area contributed by atoms with Gasteiger partial charge in [-0.2, -0.15) is 8.75 Å². The number of ketones is 1. The van der Waals surface area contributed by atoms with E-state index in [4.69, 9.17) is 5.73 Å². The summed E-state index contributed by atoms with van der Waals surface area (Å²) in [5.41, 5.74) is 7.49. The van der Waals surface area contributed by atoms with E-state index in [0.717, 1.165) is 16.6 Å². The first kappa shape index (κ1) is 17.8. The van der Waals surface area contributed by atoms with Gasteiger partial charge in [0.25, 0.3) is 11.8 Å². The molecule has 3 aromatic heterocycles. The van der Waals surface area contributed by atoms with Crippen molar-refractivity contribution in [3.8, 4) is 11.4 Å². The first-order chi connectivity index (χ1) is 12.6. The summed E-state index contributed by atoms with van der Waals surface area (Å²) in [6.07, 6.45) is 3.23. The van der Waals surface area contributed by atoms with E-state index in [1.165, 1.54) is 11.3 Å². The van der Waals surface area contributed by atoms with Gasteiger partial charge in [-0.1, -0.05) is 6.07 Å². The number of aromatic nitrogens is 4. The Kier molecular flexibility index (Phi) is 5.39. The molecule has 3 heterocycles. The summed E-state index contributed by atoms with van der Waals surface area (Å²) in [6.45, 7) is 0. The molecule has 132 valence electrons. The number of nitrogens with zero attached hydrogens (tertiary/aromatic N) is 4. The summed E-state index contributed by atoms with van der Waals surface area (Å²) in [7, 11) is 0. The van der Waals surface area contributed by atoms with Crippen LogP contribution in [0.25, 0.3) is 11.4 Å². The van der Waals surface area contributed by atoms with Crippen molar-refractivity contribution in [1.29, 1.82) is 0 Å². The molecule has 0 aliphatic heterocycles. The van der Waals surface area contributed by atoms with Crippen LogP contribution in [0.4, 0.5) is 0 Å². The quantitative estimate of drug-likeness (QED) is 0.560. The molecule has 0 aromatic carbocycles. The molecule has 0 saturated carbocycles. The lowest BCUT2D eigenvalue weighted by molar-refractivity contribution is -0.137. The number of thiazole rings is 1. The van der Waals surface area contributed by atoms with Gasteiger partial charge in [0.2, 0.25) is 5.78 Å². The Hall–Kier alpha value is -3.05. The van der Waals surface area contributed by atoms with Crippen LogP contribution in [0, 0.1) is 0 Å². The van der Waals surface area contributed by atoms with Crippen LogP contribution in [0.2, 0.25) is 0 Å². The van der Waals surface area contributed by atoms with Crippen molar-refractivity contribution < 1.29 is 14.4 Å². The number of carbonyl (C=O) groups is 3. The Morgan fingerprint density at radius 1 is 1.23 bits per heavy atom. The molecule has 0 saturated heterocycles. The molecule has 3 N–H and O–H groups in total. The van der Waals surface area contributed by atoms with Gasteiger partial charge < -0.3 is 11.1 Å². The average Bonchev–Trinajstić information content (AvgIpc) is 3.32. The van der Waals surface area contributed by atoms with Gasteiger partial charge in [-0.25, -0.2) is 0 Å². The molecule has 0 aliphatic carbocycles. The molecule has 3 aromatic rings. The Bertz CT molecular complexity index is 926. The van der Waals surface area contributed by atoms with Crippen molar-refractivity contribution in [2.75, 3.05) is 0 Å². The molecule has 0 fully saturated rings. The van der Waals surface area contributed by atoms with Gasteiger partial charge in [0, 0.05) is 23.7 Å². The molecule has 2 amide bonds. The molecule has 1 atom stereocenters. The van der Waals surface area contributed by atoms with E-state index < -0.39 is 23.6 Å². The maximum Gasteiger partial charge on any atom is 0.287 e. The summed E-state index contributed by atoms with van der Waals surface area (Å²) >= 11 is 2.15. The number of nitrogens with two attached hydrogens (primary N) is 1. The van der Waals surface area contributed by atoms with Gasteiger partial charge in [0.15, 0.2) is 5.69 Å². The van der Waals surface area contributed by atoms with Gasteiger partial charge in [-0.3, -0.25) is 24.4 Å². The summed E-state index contributed by atoms with van der Waals surface area (Å²) < 4.78 is 8.08. The Balaban J connectivity index is 1.83. The highest BCUT2D eigenvalue weighted by atomic mass is 32.1. The lowest BCUT2D eigenvalue weighted by Gasteiger charge is -2.14. The smallest absolute Gasteiger partial charge is 0.287 e. The molecule has 11 heteroatoms. The Labute approximate surface area is 155 Å². The second-order valence-electron chi connectivity index (χ2n) is 5.10. The van der Waals surface area contributed by atoms with Crippen molar-refractivity contribution in [2.24, 2.45) is 5.73 Å². The minimum atomic E-state index is -1.12. The second-order valence-corrected chi connectivity index (χ2v) is 6.60. The highest BCUT2D eigenvalue weighted by Crippen LogP contribution is 2.19. The van der Waals surface area contributed by atoms with Gasteiger partial charge in [0.05, 0.1) is 22.9 Å². The monoisotopic (exact) mass is 388 g/mol. The van der Waals surface area contributed by atoms with E-state index in [1.807, 2.05) is 0 Å². The summed E-state index contributed by atoms with van der Waals surface area (Å²) in [4.78, 5) is 44.8. The zero-order valence-corrected chi connectivity index (χ0v) is 14.8. The lowest BCUT2D eigenvalue weighted by Crippen LogP contribution is -2.47. The van der Waals surface area contributed by atoms with Gasteiger partial charge in [0.1, 0.15) is 11.7 Å². The number of primary amides is 1. The van der Waals surface area contributed by atoms with Gasteiger partial charge in [-0.05, 0) is 12.1 Å². The normalized spacial score (nSPS) is 11.7. The minimum Gasteiger partial charge on any atom is -0.363 e. The number of rotatable bonds is 7. The number of hydrogen-bond acceptors (Lipinski definition) is 9. The van der Waals surface area contributed by atoms with Crippen LogP contribution < -0.4 is 11.1 Å². The highest BCUT2D eigenvalue weighted by Gasteiger charge is 2.28. The summed E-state index contributed by atoms with van der Waals surface area (Å²) in [5, 5.41) is 2.51. The third kappa shape index (κ3) is 3.95. The van der Waals surface area contributed by atoms with Crippen LogP contribution in [0.5, 0.6) is 0 Å². The van der Waals surface area contributed by atoms with Crippen molar-refractivity contribution >= 4 is 40.7 Å². The fourth-order valence-electron chi connectivity index (χ4n) is 2.16. The summed E-state index contributed by atoms with van der Waals surface area (Å²) in [6, 6.07) is 4.07. The third-order valence-electron chi connectivity index (χ3n) is 3.36. The van der Waals surface area contributed by atoms with Crippen molar-refractivity contribution in [1.82, 2.24) is 24.0 Å². The van der Waals surface area contributed by atoms with E-state index >= 15 is 0 Å². The number of nitrogens with one attached hydrogen (secondary N) is 1. The molecule has 26 heavy (non-hydrogen) atoms. The molecule has 9 nitrogen and oxygen atoms in total. The first-order valence-electron chi connectivity index (χ1n) is 7.32. The average molecular weight is 388 g/mol. The number of amides is 2. The predicted octanol–water partition coefficient (Wildman–Crippen LogP) is 0.452. The standard InChI is InChI=1S/C15H12N6O3S2/c16-14(23)13(22)10(5-8-6-17-7-25-8)19-15(24)12-11(20-26-21-12)9-3-1-2-4-18-9/h1-4,6-7,10H,5H2,(H2,16,23)(H,19,24). The highest BCUT2D eigenvalue weighted by molar-refractivity contribution is 7.09. The fourth-order valence-corrected chi connectivity index (χ4v) is 3.36. The topological polar surface area (TPSA) is 141 Å². The fraction of sp³-hybridized carbons (Fsp3) is 0.133. The number of pyridine rings is 1. The molecular weight excluding hydrogens is 376 g/mol. The predicted molar refractivity (Wildman–Crippen MR) is 94.4 cm³/mol. The van der Waals surface area contributed by atoms with E-state index in [2.05, 4.69) is 24.0 Å². The van der Waals surface area contributed by atoms with Crippen LogP contribution in [-0.4, -0.2) is 42.4 Å². The van der Waals surface area contributed by atoms with Crippen LogP contribution >= 0.6 is 23.1 Å². The Morgan fingerprint density at radius 3 is 2.73 bits per heavy atom. The van der Waals surface area contributed by atoms with E-state index in [-0.39, 0.29) is 12.1 Å². The number of carbonyl (C=O) groups excluding carboxylic acids is 3. The molecule has 1 unspecified atom stereocenters. The number of hydrogen-bond donors (Lipinski definition) is 2. The molecule has 0 radical (unpaired) electrons. The van der Waals surface area contributed by atoms with Crippen molar-refractivity contribution in [3.05, 3.63) is 46.7 Å². The van der Waals surface area contributed by atoms with E-state index in [0.29, 0.717) is 11.4 Å². The van der Waals surface area contributed by atoms with Crippen LogP contribution in [0.1, 0.15) is 15.4 Å². The molecule has 0 aliphatic rings. The largest absolute Gasteiger partial charge is 0.363 e. The molecule has 0 bridgehead atoms. The lowest BCUT2D eigenvalue weighted by atomic mass is 10.1. The molecule has 3 rings (SSSR count). The maximum absolute atomic E-state index is 12.6. The first-order valence-corrected chi connectivity index (χ1v) is 8.93. The van der Waals surface area contributed by atoms with E-state index in [9.17, 15) is 14.4 Å². The van der Waals surface area contributed by atoms with Gasteiger partial charge in [-0.15, -0.1) is 11.3 Å². The van der Waals surface area contributed by atoms with Crippen LogP contribution in [-0.2, 0) is 16.0 Å². The zero-order chi connectivity index (χ0) is 18.5. The molecular formula is C15H12N6O3S2. The van der Waals surface area contributed by atoms with Crippen molar-refractivity contribution in [3.63, 3.8) is 0 Å². The Morgan fingerprint density at radius 2 is 2.08 bits per heavy atom.